The van der Waals surface area contributed by atoms with Crippen molar-refractivity contribution in [1.82, 2.24) is 0 Å². The molecule has 0 aromatic heterocycles. The second kappa shape index (κ2) is 8.32. The van der Waals surface area contributed by atoms with Gasteiger partial charge in [-0.1, -0.05) is 97.9 Å². The third kappa shape index (κ3) is 3.48. The number of fused-ring (bicyclic) bond motifs is 6. The van der Waals surface area contributed by atoms with Crippen LogP contribution in [0.15, 0.2) is 91.0 Å². The fourth-order valence-corrected chi connectivity index (χ4v) is 4.94. The van der Waals surface area contributed by atoms with Crippen molar-refractivity contribution in [3.63, 3.8) is 0 Å². The maximum absolute atomic E-state index is 2.35. The largest absolute Gasteiger partial charge is 0.0616 e. The summed E-state index contributed by atoms with van der Waals surface area (Å²) in [5.74, 6) is 0. The minimum Gasteiger partial charge on any atom is -0.0616 e. The average molecular weight is 389 g/mol. The number of rotatable bonds is 1. The van der Waals surface area contributed by atoms with Gasteiger partial charge in [-0.15, -0.1) is 0 Å². The molecule has 0 heteroatoms. The van der Waals surface area contributed by atoms with Gasteiger partial charge in [0.15, 0.2) is 0 Å². The normalized spacial score (nSPS) is 13.1. The first-order chi connectivity index (χ1) is 14.8. The minimum absolute atomic E-state index is 1.11. The Bertz CT molecular complexity index is 1320. The maximum atomic E-state index is 2.35. The summed E-state index contributed by atoms with van der Waals surface area (Å²) >= 11 is 0. The molecule has 0 atom stereocenters. The predicted octanol–water partition coefficient (Wildman–Crippen LogP) is 8.27. The van der Waals surface area contributed by atoms with Crippen molar-refractivity contribution in [3.8, 4) is 0 Å². The summed E-state index contributed by atoms with van der Waals surface area (Å²) in [5.41, 5.74) is 4.61. The molecule has 6 rings (SSSR count). The van der Waals surface area contributed by atoms with Crippen LogP contribution in [0.1, 0.15) is 36.5 Å². The van der Waals surface area contributed by atoms with Crippen LogP contribution in [0, 0.1) is 0 Å². The van der Waals surface area contributed by atoms with Gasteiger partial charge in [0.25, 0.3) is 0 Å². The van der Waals surface area contributed by atoms with Crippen molar-refractivity contribution in [1.29, 1.82) is 0 Å². The zero-order valence-corrected chi connectivity index (χ0v) is 17.7. The highest BCUT2D eigenvalue weighted by molar-refractivity contribution is 6.08. The van der Waals surface area contributed by atoms with E-state index in [2.05, 4.69) is 97.9 Å². The van der Waals surface area contributed by atoms with Crippen LogP contribution in [-0.4, -0.2) is 0 Å². The van der Waals surface area contributed by atoms with E-state index < -0.39 is 0 Å². The van der Waals surface area contributed by atoms with Crippen molar-refractivity contribution < 1.29 is 0 Å². The highest BCUT2D eigenvalue weighted by atomic mass is 14.2. The van der Waals surface area contributed by atoms with E-state index in [1.165, 1.54) is 63.6 Å². The van der Waals surface area contributed by atoms with E-state index in [0.29, 0.717) is 0 Å². The van der Waals surface area contributed by atoms with Crippen molar-refractivity contribution in [3.05, 3.63) is 108 Å². The van der Waals surface area contributed by atoms with Crippen LogP contribution >= 0.6 is 0 Å². The van der Waals surface area contributed by atoms with Crippen LogP contribution in [0.2, 0.25) is 0 Å². The molecule has 1 aliphatic carbocycles. The van der Waals surface area contributed by atoms with E-state index in [-0.39, 0.29) is 0 Å². The van der Waals surface area contributed by atoms with Gasteiger partial charge in [0, 0.05) is 0 Å². The Morgan fingerprint density at radius 3 is 2.03 bits per heavy atom. The molecule has 0 fully saturated rings. The van der Waals surface area contributed by atoms with E-state index in [1.807, 2.05) is 0 Å². The SMILES string of the molecule is CCc1cccc2ccccc12.c1ccc2c(c1)ccc1c3c(ccc12)CCCC3. The highest BCUT2D eigenvalue weighted by Crippen LogP contribution is 2.33. The molecule has 0 nitrogen and oxygen atoms in total. The first-order valence-electron chi connectivity index (χ1n) is 11.2. The number of aryl methyl sites for hydroxylation is 3. The lowest BCUT2D eigenvalue weighted by Gasteiger charge is -2.18. The molecule has 1 aliphatic rings. The first kappa shape index (κ1) is 18.9. The quantitative estimate of drug-likeness (QED) is 0.253. The molecule has 0 bridgehead atoms. The number of benzene rings is 5. The fraction of sp³-hybridized carbons (Fsp3) is 0.200. The van der Waals surface area contributed by atoms with Gasteiger partial charge in [0.2, 0.25) is 0 Å². The van der Waals surface area contributed by atoms with E-state index in [4.69, 9.17) is 0 Å². The van der Waals surface area contributed by atoms with Crippen molar-refractivity contribution in [2.75, 3.05) is 0 Å². The molecule has 0 radical (unpaired) electrons. The molecule has 0 saturated carbocycles. The first-order valence-corrected chi connectivity index (χ1v) is 11.2. The molecule has 5 aromatic rings. The predicted molar refractivity (Wildman–Crippen MR) is 131 cm³/mol. The second-order valence-corrected chi connectivity index (χ2v) is 8.28. The molecule has 0 saturated heterocycles. The lowest BCUT2D eigenvalue weighted by Crippen LogP contribution is -2.02. The summed E-state index contributed by atoms with van der Waals surface area (Å²) in [4.78, 5) is 0. The van der Waals surface area contributed by atoms with Gasteiger partial charge in [0.1, 0.15) is 0 Å². The second-order valence-electron chi connectivity index (χ2n) is 8.28. The van der Waals surface area contributed by atoms with Crippen molar-refractivity contribution in [2.24, 2.45) is 0 Å². The van der Waals surface area contributed by atoms with Crippen LogP contribution in [0.25, 0.3) is 32.3 Å². The Morgan fingerprint density at radius 1 is 0.533 bits per heavy atom. The van der Waals surface area contributed by atoms with E-state index in [0.717, 1.165) is 6.42 Å². The summed E-state index contributed by atoms with van der Waals surface area (Å²) in [6.45, 7) is 2.20. The molecule has 0 spiro atoms. The Morgan fingerprint density at radius 2 is 1.20 bits per heavy atom. The summed E-state index contributed by atoms with van der Waals surface area (Å²) < 4.78 is 0. The molecule has 0 aliphatic heterocycles. The van der Waals surface area contributed by atoms with E-state index in [1.54, 1.807) is 11.1 Å². The van der Waals surface area contributed by atoms with Gasteiger partial charge in [-0.3, -0.25) is 0 Å². The lowest BCUT2D eigenvalue weighted by atomic mass is 9.86. The zero-order chi connectivity index (χ0) is 20.3. The third-order valence-corrected chi connectivity index (χ3v) is 6.52. The molecule has 5 aromatic carbocycles. The molecule has 0 heterocycles. The smallest absolute Gasteiger partial charge is 0.0102 e. The van der Waals surface area contributed by atoms with Gasteiger partial charge in [-0.25, -0.2) is 0 Å². The molecular weight excluding hydrogens is 360 g/mol. The molecule has 0 unspecified atom stereocenters. The maximum Gasteiger partial charge on any atom is -0.0102 e. The molecule has 30 heavy (non-hydrogen) atoms. The van der Waals surface area contributed by atoms with Gasteiger partial charge >= 0.3 is 0 Å². The molecule has 148 valence electrons. The van der Waals surface area contributed by atoms with Gasteiger partial charge in [0.05, 0.1) is 0 Å². The summed E-state index contributed by atoms with van der Waals surface area (Å²) in [7, 11) is 0. The van der Waals surface area contributed by atoms with Crippen molar-refractivity contribution >= 4 is 32.3 Å². The molecule has 0 amide bonds. The van der Waals surface area contributed by atoms with Crippen LogP contribution < -0.4 is 0 Å². The standard InChI is InChI=1S/C18H16.C12H12/c1-3-7-15-13(5-1)9-11-18-16-8-4-2-6-14(16)10-12-17(15)18;1-2-10-7-5-8-11-6-3-4-9-12(10)11/h1,3,5,7,9-12H,2,4,6,8H2;3-9H,2H2,1H3. The van der Waals surface area contributed by atoms with E-state index in [9.17, 15) is 0 Å². The van der Waals surface area contributed by atoms with Crippen LogP contribution in [-0.2, 0) is 19.3 Å². The Labute approximate surface area is 179 Å². The van der Waals surface area contributed by atoms with Gasteiger partial charge in [-0.05, 0) is 81.1 Å². The average Bonchev–Trinajstić information content (AvgIpc) is 2.83. The van der Waals surface area contributed by atoms with Crippen LogP contribution in [0.5, 0.6) is 0 Å². The summed E-state index contributed by atoms with van der Waals surface area (Å²) in [6.07, 6.45) is 6.33. The lowest BCUT2D eigenvalue weighted by molar-refractivity contribution is 0.690. The fourth-order valence-electron chi connectivity index (χ4n) is 4.94. The van der Waals surface area contributed by atoms with Gasteiger partial charge in [-0.2, -0.15) is 0 Å². The third-order valence-electron chi connectivity index (χ3n) is 6.52. The highest BCUT2D eigenvalue weighted by Gasteiger charge is 2.13. The Hall–Kier alpha value is -3.12. The van der Waals surface area contributed by atoms with Gasteiger partial charge < -0.3 is 0 Å². The zero-order valence-electron chi connectivity index (χ0n) is 17.7. The summed E-state index contributed by atoms with van der Waals surface area (Å²) in [6, 6.07) is 33.0. The molecule has 0 N–H and O–H groups in total. The van der Waals surface area contributed by atoms with Crippen LogP contribution in [0.4, 0.5) is 0 Å². The topological polar surface area (TPSA) is 0 Å². The Kier molecular flexibility index (Phi) is 5.24. The summed E-state index contributed by atoms with van der Waals surface area (Å²) in [5, 5.41) is 8.38. The van der Waals surface area contributed by atoms with Crippen LogP contribution in [0.3, 0.4) is 0 Å². The number of hydrogen-bond donors (Lipinski definition) is 0. The monoisotopic (exact) mass is 388 g/mol. The minimum atomic E-state index is 1.11. The Balaban J connectivity index is 0.000000140. The number of hydrogen-bond acceptors (Lipinski definition) is 0. The van der Waals surface area contributed by atoms with Crippen molar-refractivity contribution in [2.45, 2.75) is 39.0 Å². The molecular formula is C30H28. The van der Waals surface area contributed by atoms with E-state index >= 15 is 0 Å².